The fourth-order valence-corrected chi connectivity index (χ4v) is 2.40. The van der Waals surface area contributed by atoms with Crippen molar-refractivity contribution in [2.75, 3.05) is 6.61 Å². The second-order valence-electron chi connectivity index (χ2n) is 4.48. The molecule has 0 saturated carbocycles. The minimum absolute atomic E-state index is 0.111. The summed E-state index contributed by atoms with van der Waals surface area (Å²) in [5, 5.41) is 12.3. The lowest BCUT2D eigenvalue weighted by Gasteiger charge is -2.17. The van der Waals surface area contributed by atoms with Gasteiger partial charge in [-0.05, 0) is 17.2 Å². The maximum atomic E-state index is 12.1. The summed E-state index contributed by atoms with van der Waals surface area (Å²) < 4.78 is 0.912. The Bertz CT molecular complexity index is 572. The van der Waals surface area contributed by atoms with Crippen LogP contribution in [0, 0.1) is 0 Å². The molecular formula is C16H16BrNO2. The summed E-state index contributed by atoms with van der Waals surface area (Å²) in [5.74, 6) is -0.111. The van der Waals surface area contributed by atoms with E-state index in [1.165, 1.54) is 0 Å². The molecule has 1 atom stereocenters. The molecule has 2 aromatic carbocycles. The molecule has 0 saturated heterocycles. The van der Waals surface area contributed by atoms with Crippen molar-refractivity contribution in [2.24, 2.45) is 0 Å². The summed E-state index contributed by atoms with van der Waals surface area (Å²) >= 11 is 3.42. The van der Waals surface area contributed by atoms with E-state index in [-0.39, 0.29) is 25.0 Å². The van der Waals surface area contributed by atoms with Crippen LogP contribution in [0.25, 0.3) is 0 Å². The van der Waals surface area contributed by atoms with E-state index in [9.17, 15) is 9.90 Å². The number of nitrogens with one attached hydrogen (secondary N) is 1. The van der Waals surface area contributed by atoms with Gasteiger partial charge in [-0.1, -0.05) is 64.5 Å². The Hall–Kier alpha value is -1.65. The third-order valence-corrected chi connectivity index (χ3v) is 3.80. The van der Waals surface area contributed by atoms with E-state index in [2.05, 4.69) is 21.2 Å². The average molecular weight is 334 g/mol. The van der Waals surface area contributed by atoms with Gasteiger partial charge in [-0.3, -0.25) is 4.79 Å². The molecule has 0 radical (unpaired) electrons. The number of hydrogen-bond donors (Lipinski definition) is 2. The molecule has 1 amide bonds. The predicted molar refractivity (Wildman–Crippen MR) is 82.3 cm³/mol. The second kappa shape index (κ2) is 7.22. The van der Waals surface area contributed by atoms with Crippen LogP contribution in [0.3, 0.4) is 0 Å². The number of amides is 1. The van der Waals surface area contributed by atoms with Gasteiger partial charge in [0.15, 0.2) is 0 Å². The Labute approximate surface area is 126 Å². The molecule has 2 aromatic rings. The lowest BCUT2D eigenvalue weighted by atomic mass is 10.1. The highest BCUT2D eigenvalue weighted by Crippen LogP contribution is 2.17. The first-order valence-corrected chi connectivity index (χ1v) is 7.18. The number of hydrogen-bond acceptors (Lipinski definition) is 2. The van der Waals surface area contributed by atoms with Gasteiger partial charge in [0, 0.05) is 4.47 Å². The Morgan fingerprint density at radius 1 is 1.10 bits per heavy atom. The van der Waals surface area contributed by atoms with Gasteiger partial charge in [0.05, 0.1) is 19.1 Å². The summed E-state index contributed by atoms with van der Waals surface area (Å²) in [4.78, 5) is 12.1. The van der Waals surface area contributed by atoms with Gasteiger partial charge >= 0.3 is 0 Å². The highest BCUT2D eigenvalue weighted by molar-refractivity contribution is 9.10. The Kier molecular flexibility index (Phi) is 5.32. The molecule has 0 fully saturated rings. The first-order chi connectivity index (χ1) is 9.70. The van der Waals surface area contributed by atoms with Gasteiger partial charge in [0.2, 0.25) is 5.91 Å². The zero-order valence-electron chi connectivity index (χ0n) is 10.9. The van der Waals surface area contributed by atoms with Gasteiger partial charge < -0.3 is 10.4 Å². The second-order valence-corrected chi connectivity index (χ2v) is 5.34. The van der Waals surface area contributed by atoms with Gasteiger partial charge in [0.25, 0.3) is 0 Å². The summed E-state index contributed by atoms with van der Waals surface area (Å²) in [6.45, 7) is -0.119. The molecule has 0 aromatic heterocycles. The summed E-state index contributed by atoms with van der Waals surface area (Å²) in [5.41, 5.74) is 1.82. The minimum Gasteiger partial charge on any atom is -0.394 e. The number of benzene rings is 2. The van der Waals surface area contributed by atoms with Crippen LogP contribution in [-0.4, -0.2) is 17.6 Å². The molecule has 104 valence electrons. The molecule has 0 aliphatic heterocycles. The predicted octanol–water partition coefficient (Wildman–Crippen LogP) is 2.84. The molecular weight excluding hydrogens is 318 g/mol. The van der Waals surface area contributed by atoms with Crippen LogP contribution >= 0.6 is 15.9 Å². The van der Waals surface area contributed by atoms with Crippen molar-refractivity contribution in [1.82, 2.24) is 5.32 Å². The SMILES string of the molecule is O=C(Cc1ccccc1Br)N[C@H](CO)c1ccccc1. The lowest BCUT2D eigenvalue weighted by Crippen LogP contribution is -2.32. The van der Waals surface area contributed by atoms with Crippen LogP contribution in [0.1, 0.15) is 17.2 Å². The van der Waals surface area contributed by atoms with Crippen LogP contribution in [-0.2, 0) is 11.2 Å². The smallest absolute Gasteiger partial charge is 0.225 e. The van der Waals surface area contributed by atoms with Crippen LogP contribution in [0.5, 0.6) is 0 Å². The highest BCUT2D eigenvalue weighted by atomic mass is 79.9. The number of carbonyl (C=O) groups excluding carboxylic acids is 1. The molecule has 0 aliphatic carbocycles. The zero-order chi connectivity index (χ0) is 14.4. The van der Waals surface area contributed by atoms with Gasteiger partial charge in [0.1, 0.15) is 0 Å². The largest absolute Gasteiger partial charge is 0.394 e. The summed E-state index contributed by atoms with van der Waals surface area (Å²) in [6.07, 6.45) is 0.282. The highest BCUT2D eigenvalue weighted by Gasteiger charge is 2.14. The maximum Gasteiger partial charge on any atom is 0.225 e. The number of aliphatic hydroxyl groups is 1. The van der Waals surface area contributed by atoms with Crippen LogP contribution < -0.4 is 5.32 Å². The third kappa shape index (κ3) is 3.92. The van der Waals surface area contributed by atoms with Gasteiger partial charge in [-0.25, -0.2) is 0 Å². The van der Waals surface area contributed by atoms with Gasteiger partial charge in [-0.15, -0.1) is 0 Å². The van der Waals surface area contributed by atoms with Crippen molar-refractivity contribution < 1.29 is 9.90 Å². The lowest BCUT2D eigenvalue weighted by molar-refractivity contribution is -0.121. The normalized spacial score (nSPS) is 11.9. The fraction of sp³-hybridized carbons (Fsp3) is 0.188. The molecule has 2 rings (SSSR count). The molecule has 0 aliphatic rings. The Morgan fingerprint density at radius 2 is 1.75 bits per heavy atom. The average Bonchev–Trinajstić information content (AvgIpc) is 2.48. The molecule has 3 nitrogen and oxygen atoms in total. The van der Waals surface area contributed by atoms with Crippen LogP contribution in [0.2, 0.25) is 0 Å². The van der Waals surface area contributed by atoms with Crippen molar-refractivity contribution in [3.05, 3.63) is 70.2 Å². The van der Waals surface area contributed by atoms with Gasteiger partial charge in [-0.2, -0.15) is 0 Å². The summed E-state index contributed by atoms with van der Waals surface area (Å²) in [6, 6.07) is 16.7. The molecule has 0 heterocycles. The van der Waals surface area contributed by atoms with E-state index >= 15 is 0 Å². The van der Waals surface area contributed by atoms with Crippen LogP contribution in [0.4, 0.5) is 0 Å². The van der Waals surface area contributed by atoms with Crippen molar-refractivity contribution in [3.8, 4) is 0 Å². The van der Waals surface area contributed by atoms with E-state index < -0.39 is 0 Å². The van der Waals surface area contributed by atoms with E-state index in [0.717, 1.165) is 15.6 Å². The summed E-state index contributed by atoms with van der Waals surface area (Å²) in [7, 11) is 0. The third-order valence-electron chi connectivity index (χ3n) is 3.03. The quantitative estimate of drug-likeness (QED) is 0.883. The monoisotopic (exact) mass is 333 g/mol. The number of rotatable bonds is 5. The van der Waals surface area contributed by atoms with E-state index in [0.29, 0.717) is 0 Å². The molecule has 4 heteroatoms. The Morgan fingerprint density at radius 3 is 2.40 bits per heavy atom. The van der Waals surface area contributed by atoms with Crippen molar-refractivity contribution in [3.63, 3.8) is 0 Å². The van der Waals surface area contributed by atoms with Crippen molar-refractivity contribution in [2.45, 2.75) is 12.5 Å². The van der Waals surface area contributed by atoms with E-state index in [1.807, 2.05) is 54.6 Å². The Balaban J connectivity index is 2.02. The molecule has 0 unspecified atom stereocenters. The topological polar surface area (TPSA) is 49.3 Å². The van der Waals surface area contributed by atoms with Crippen LogP contribution in [0.15, 0.2) is 59.1 Å². The molecule has 20 heavy (non-hydrogen) atoms. The maximum absolute atomic E-state index is 12.1. The van der Waals surface area contributed by atoms with E-state index in [4.69, 9.17) is 0 Å². The first-order valence-electron chi connectivity index (χ1n) is 6.39. The first kappa shape index (κ1) is 14.8. The van der Waals surface area contributed by atoms with Crippen molar-refractivity contribution in [1.29, 1.82) is 0 Å². The molecule has 0 spiro atoms. The van der Waals surface area contributed by atoms with Crippen molar-refractivity contribution >= 4 is 21.8 Å². The minimum atomic E-state index is -0.369. The fourth-order valence-electron chi connectivity index (χ4n) is 1.98. The number of halogens is 1. The van der Waals surface area contributed by atoms with E-state index in [1.54, 1.807) is 0 Å². The molecule has 0 bridgehead atoms. The zero-order valence-corrected chi connectivity index (χ0v) is 12.5. The number of aliphatic hydroxyl groups excluding tert-OH is 1. The molecule has 2 N–H and O–H groups in total. The standard InChI is InChI=1S/C16H16BrNO2/c17-14-9-5-4-8-13(14)10-16(20)18-15(11-19)12-6-2-1-3-7-12/h1-9,15,19H,10-11H2,(H,18,20)/t15-/m1/s1. The number of carbonyl (C=O) groups is 1.